The van der Waals surface area contributed by atoms with E-state index in [2.05, 4.69) is 10.6 Å². The van der Waals surface area contributed by atoms with Crippen molar-refractivity contribution in [2.24, 2.45) is 5.41 Å². The van der Waals surface area contributed by atoms with E-state index < -0.39 is 17.8 Å². The van der Waals surface area contributed by atoms with Crippen molar-refractivity contribution in [1.82, 2.24) is 10.6 Å². The summed E-state index contributed by atoms with van der Waals surface area (Å²) in [5.74, 6) is 0. The average Bonchev–Trinajstić information content (AvgIpc) is 3.26. The number of amides is 2. The Morgan fingerprint density at radius 2 is 2.08 bits per heavy atom. The molecular weight excluding hydrogens is 321 g/mol. The lowest BCUT2D eigenvalue weighted by atomic mass is 9.77. The molecule has 24 heavy (non-hydrogen) atoms. The predicted molar refractivity (Wildman–Crippen MR) is 82.4 cm³/mol. The van der Waals surface area contributed by atoms with Crippen molar-refractivity contribution in [3.8, 4) is 0 Å². The minimum Gasteiger partial charge on any atom is -0.382 e. The summed E-state index contributed by atoms with van der Waals surface area (Å²) in [6, 6.07) is 4.12. The smallest absolute Gasteiger partial charge is 0.382 e. The number of rotatable bonds is 5. The quantitative estimate of drug-likeness (QED) is 0.858. The molecule has 0 bridgehead atoms. The molecule has 7 heteroatoms. The van der Waals surface area contributed by atoms with Gasteiger partial charge in [0.05, 0.1) is 18.2 Å². The summed E-state index contributed by atoms with van der Waals surface area (Å²) in [7, 11) is 1.45. The molecule has 2 saturated carbocycles. The van der Waals surface area contributed by atoms with Crippen LogP contribution in [0.25, 0.3) is 0 Å². The van der Waals surface area contributed by atoms with Gasteiger partial charge in [-0.15, -0.1) is 0 Å². The van der Waals surface area contributed by atoms with Crippen molar-refractivity contribution in [2.75, 3.05) is 13.7 Å². The van der Waals surface area contributed by atoms with Crippen molar-refractivity contribution < 1.29 is 22.7 Å². The van der Waals surface area contributed by atoms with Gasteiger partial charge in [-0.05, 0) is 48.8 Å². The fraction of sp³-hybridized carbons (Fsp3) is 0.588. The molecule has 2 fully saturated rings. The van der Waals surface area contributed by atoms with Crippen molar-refractivity contribution in [3.05, 3.63) is 35.4 Å². The Hall–Kier alpha value is -1.76. The van der Waals surface area contributed by atoms with Crippen LogP contribution in [0.3, 0.4) is 0 Å². The van der Waals surface area contributed by atoms with Gasteiger partial charge in [0.2, 0.25) is 0 Å². The molecular formula is C17H21F3N2O2. The first-order valence-electron chi connectivity index (χ1n) is 8.04. The van der Waals surface area contributed by atoms with Gasteiger partial charge < -0.3 is 15.4 Å². The normalized spacial score (nSPS) is 20.3. The van der Waals surface area contributed by atoms with Crippen LogP contribution in [-0.2, 0) is 10.9 Å². The van der Waals surface area contributed by atoms with E-state index >= 15 is 0 Å². The maximum atomic E-state index is 12.9. The second-order valence-corrected chi connectivity index (χ2v) is 6.85. The van der Waals surface area contributed by atoms with Crippen LogP contribution in [0.2, 0.25) is 0 Å². The van der Waals surface area contributed by atoms with E-state index in [0.717, 1.165) is 25.0 Å². The fourth-order valence-corrected chi connectivity index (χ4v) is 3.38. The number of benzene rings is 1. The number of carbonyl (C=O) groups excluding carboxylic acids is 1. The van der Waals surface area contributed by atoms with Gasteiger partial charge in [0.1, 0.15) is 0 Å². The number of ether oxygens (including phenoxy) is 1. The molecule has 0 radical (unpaired) electrons. The van der Waals surface area contributed by atoms with Crippen LogP contribution in [0.5, 0.6) is 0 Å². The molecule has 2 amide bonds. The zero-order valence-electron chi connectivity index (χ0n) is 13.5. The standard InChI is InChI=1S/C17H21F3N2O2/c1-24-10-14(11-3-2-4-12(7-11)17(18,19)20)22-15(23)21-13-8-16(9-13)5-6-16/h2-4,7,13-14H,5-6,8-10H2,1H3,(H2,21,22,23). The van der Waals surface area contributed by atoms with Crippen LogP contribution >= 0.6 is 0 Å². The Kier molecular flexibility index (Phi) is 4.46. The number of hydrogen-bond acceptors (Lipinski definition) is 2. The summed E-state index contributed by atoms with van der Waals surface area (Å²) < 4.78 is 43.6. The molecule has 0 saturated heterocycles. The number of methoxy groups -OCH3 is 1. The number of hydrogen-bond donors (Lipinski definition) is 2. The highest BCUT2D eigenvalue weighted by Crippen LogP contribution is 2.60. The van der Waals surface area contributed by atoms with Crippen LogP contribution in [-0.4, -0.2) is 25.8 Å². The Balaban J connectivity index is 1.62. The van der Waals surface area contributed by atoms with Gasteiger partial charge in [0.25, 0.3) is 0 Å². The van der Waals surface area contributed by atoms with Crippen molar-refractivity contribution in [2.45, 2.75) is 43.9 Å². The molecule has 1 spiro atoms. The Labute approximate surface area is 138 Å². The molecule has 0 aromatic heterocycles. The minimum atomic E-state index is -4.42. The summed E-state index contributed by atoms with van der Waals surface area (Å²) in [6.07, 6.45) is 0.0604. The molecule has 3 rings (SSSR count). The van der Waals surface area contributed by atoms with Gasteiger partial charge >= 0.3 is 12.2 Å². The second-order valence-electron chi connectivity index (χ2n) is 6.85. The Morgan fingerprint density at radius 1 is 1.38 bits per heavy atom. The molecule has 2 aliphatic rings. The summed E-state index contributed by atoms with van der Waals surface area (Å²) in [5, 5.41) is 5.61. The van der Waals surface area contributed by atoms with Crippen LogP contribution in [0, 0.1) is 5.41 Å². The Morgan fingerprint density at radius 3 is 2.67 bits per heavy atom. The van der Waals surface area contributed by atoms with E-state index in [-0.39, 0.29) is 18.7 Å². The highest BCUT2D eigenvalue weighted by molar-refractivity contribution is 5.75. The van der Waals surface area contributed by atoms with Gasteiger partial charge in [-0.1, -0.05) is 12.1 Å². The van der Waals surface area contributed by atoms with E-state index in [4.69, 9.17) is 4.74 Å². The molecule has 1 atom stereocenters. The van der Waals surface area contributed by atoms with Crippen LogP contribution in [0.1, 0.15) is 42.9 Å². The third-order valence-corrected chi connectivity index (χ3v) is 4.91. The number of carbonyl (C=O) groups is 1. The highest BCUT2D eigenvalue weighted by Gasteiger charge is 2.53. The van der Waals surface area contributed by atoms with Crippen molar-refractivity contribution in [3.63, 3.8) is 0 Å². The third-order valence-electron chi connectivity index (χ3n) is 4.91. The molecule has 1 aromatic rings. The SMILES string of the molecule is COCC(NC(=O)NC1CC2(CC2)C1)c1cccc(C(F)(F)F)c1. The van der Waals surface area contributed by atoms with Crippen LogP contribution in [0.4, 0.5) is 18.0 Å². The van der Waals surface area contributed by atoms with Gasteiger partial charge in [0, 0.05) is 13.2 Å². The van der Waals surface area contributed by atoms with E-state index in [0.29, 0.717) is 11.0 Å². The first kappa shape index (κ1) is 17.1. The third kappa shape index (κ3) is 3.83. The highest BCUT2D eigenvalue weighted by atomic mass is 19.4. The molecule has 1 aromatic carbocycles. The monoisotopic (exact) mass is 342 g/mol. The van der Waals surface area contributed by atoms with Crippen LogP contribution in [0.15, 0.2) is 24.3 Å². The van der Waals surface area contributed by atoms with E-state index in [9.17, 15) is 18.0 Å². The molecule has 0 aliphatic heterocycles. The van der Waals surface area contributed by atoms with Crippen molar-refractivity contribution >= 4 is 6.03 Å². The fourth-order valence-electron chi connectivity index (χ4n) is 3.38. The number of nitrogens with one attached hydrogen (secondary N) is 2. The van der Waals surface area contributed by atoms with Gasteiger partial charge in [-0.3, -0.25) is 0 Å². The lowest BCUT2D eigenvalue weighted by Crippen LogP contribution is -2.50. The number of urea groups is 1. The number of halogens is 3. The van der Waals surface area contributed by atoms with E-state index in [1.165, 1.54) is 26.0 Å². The zero-order chi connectivity index (χ0) is 17.4. The van der Waals surface area contributed by atoms with Crippen LogP contribution < -0.4 is 10.6 Å². The average molecular weight is 342 g/mol. The first-order chi connectivity index (χ1) is 11.3. The molecule has 4 nitrogen and oxygen atoms in total. The largest absolute Gasteiger partial charge is 0.416 e. The second kappa shape index (κ2) is 6.27. The molecule has 2 aliphatic carbocycles. The summed E-state index contributed by atoms with van der Waals surface area (Å²) in [4.78, 5) is 12.1. The lowest BCUT2D eigenvalue weighted by Gasteiger charge is -2.36. The number of alkyl halides is 3. The minimum absolute atomic E-state index is 0.101. The summed E-state index contributed by atoms with van der Waals surface area (Å²) >= 11 is 0. The Bertz CT molecular complexity index is 606. The summed E-state index contributed by atoms with van der Waals surface area (Å²) in [5.41, 5.74) is 0.109. The molecule has 2 N–H and O–H groups in total. The first-order valence-corrected chi connectivity index (χ1v) is 8.04. The predicted octanol–water partition coefficient (Wildman–Crippen LogP) is 3.63. The van der Waals surface area contributed by atoms with Gasteiger partial charge in [0.15, 0.2) is 0 Å². The lowest BCUT2D eigenvalue weighted by molar-refractivity contribution is -0.137. The van der Waals surface area contributed by atoms with E-state index in [1.807, 2.05) is 0 Å². The zero-order valence-corrected chi connectivity index (χ0v) is 13.5. The molecule has 1 unspecified atom stereocenters. The van der Waals surface area contributed by atoms with E-state index in [1.54, 1.807) is 6.07 Å². The van der Waals surface area contributed by atoms with Gasteiger partial charge in [-0.25, -0.2) is 4.79 Å². The molecule has 0 heterocycles. The maximum Gasteiger partial charge on any atom is 0.416 e. The summed E-state index contributed by atoms with van der Waals surface area (Å²) in [6.45, 7) is 0.101. The molecule has 132 valence electrons. The maximum absolute atomic E-state index is 12.9. The van der Waals surface area contributed by atoms with Crippen molar-refractivity contribution in [1.29, 1.82) is 0 Å². The van der Waals surface area contributed by atoms with Gasteiger partial charge in [-0.2, -0.15) is 13.2 Å². The topological polar surface area (TPSA) is 50.4 Å².